The van der Waals surface area contributed by atoms with Gasteiger partial charge in [-0.15, -0.1) is 23.5 Å². The first-order valence-corrected chi connectivity index (χ1v) is 7.67. The van der Waals surface area contributed by atoms with Gasteiger partial charge in [0, 0.05) is 20.8 Å². The average molecular weight is 308 g/mol. The van der Waals surface area contributed by atoms with E-state index in [0.717, 1.165) is 10.0 Å². The molecule has 0 saturated carbocycles. The lowest BCUT2D eigenvalue weighted by molar-refractivity contribution is 0.186. The molecule has 2 nitrogen and oxygen atoms in total. The highest BCUT2D eigenvalue weighted by atomic mass is 79.9. The molecule has 0 aromatic heterocycles. The Morgan fingerprint density at radius 1 is 1.40 bits per heavy atom. The van der Waals surface area contributed by atoms with Crippen molar-refractivity contribution in [1.29, 1.82) is 0 Å². The van der Waals surface area contributed by atoms with E-state index in [1.165, 1.54) is 9.79 Å². The van der Waals surface area contributed by atoms with Crippen LogP contribution in [0, 0.1) is 0 Å². The fourth-order valence-electron chi connectivity index (χ4n) is 1.27. The van der Waals surface area contributed by atoms with E-state index in [2.05, 4.69) is 15.9 Å². The van der Waals surface area contributed by atoms with E-state index in [0.29, 0.717) is 0 Å². The van der Waals surface area contributed by atoms with Crippen LogP contribution in [0.2, 0.25) is 0 Å². The van der Waals surface area contributed by atoms with Gasteiger partial charge in [-0.25, -0.2) is 0 Å². The van der Waals surface area contributed by atoms with Crippen LogP contribution in [0.3, 0.4) is 0 Å². The molecule has 15 heavy (non-hydrogen) atoms. The Labute approximate surface area is 107 Å². The van der Waals surface area contributed by atoms with Crippen molar-refractivity contribution in [2.45, 2.75) is 15.9 Å². The largest absolute Gasteiger partial charge is 0.387 e. The topological polar surface area (TPSA) is 46.2 Å². The average Bonchev–Trinajstić information content (AvgIpc) is 2.26. The van der Waals surface area contributed by atoms with Crippen LogP contribution in [-0.2, 0) is 0 Å². The Morgan fingerprint density at radius 2 is 2.07 bits per heavy atom. The minimum atomic E-state index is -0.580. The molecule has 3 N–H and O–H groups in total. The molecular formula is C10H14BrNOS2. The summed E-state index contributed by atoms with van der Waals surface area (Å²) in [6.45, 7) is 0.249. The molecule has 0 fully saturated rings. The van der Waals surface area contributed by atoms with Gasteiger partial charge in [-0.2, -0.15) is 0 Å². The molecule has 1 aromatic rings. The van der Waals surface area contributed by atoms with E-state index in [1.54, 1.807) is 23.5 Å². The Morgan fingerprint density at radius 3 is 2.53 bits per heavy atom. The van der Waals surface area contributed by atoms with Crippen molar-refractivity contribution >= 4 is 39.5 Å². The normalized spacial score (nSPS) is 12.9. The monoisotopic (exact) mass is 307 g/mol. The zero-order valence-electron chi connectivity index (χ0n) is 8.66. The SMILES string of the molecule is CSc1cc(C(O)CN)cc(Br)c1SC. The smallest absolute Gasteiger partial charge is 0.0913 e. The molecule has 1 unspecified atom stereocenters. The van der Waals surface area contributed by atoms with E-state index in [9.17, 15) is 5.11 Å². The standard InChI is InChI=1S/C10H14BrNOS2/c1-14-9-4-6(8(13)5-12)3-7(11)10(9)15-2/h3-4,8,13H,5,12H2,1-2H3. The zero-order valence-corrected chi connectivity index (χ0v) is 11.9. The number of rotatable bonds is 4. The second-order valence-electron chi connectivity index (χ2n) is 2.99. The number of nitrogens with two attached hydrogens (primary N) is 1. The molecule has 5 heteroatoms. The van der Waals surface area contributed by atoms with Crippen molar-refractivity contribution in [3.63, 3.8) is 0 Å². The van der Waals surface area contributed by atoms with E-state index < -0.39 is 6.10 Å². The molecule has 0 amide bonds. The van der Waals surface area contributed by atoms with Gasteiger partial charge in [0.1, 0.15) is 0 Å². The van der Waals surface area contributed by atoms with E-state index in [1.807, 2.05) is 24.6 Å². The fourth-order valence-corrected chi connectivity index (χ4v) is 3.92. The highest BCUT2D eigenvalue weighted by Gasteiger charge is 2.12. The van der Waals surface area contributed by atoms with Crippen molar-refractivity contribution in [2.75, 3.05) is 19.1 Å². The molecule has 0 saturated heterocycles. The number of aliphatic hydroxyl groups excluding tert-OH is 1. The summed E-state index contributed by atoms with van der Waals surface area (Å²) in [4.78, 5) is 2.37. The summed E-state index contributed by atoms with van der Waals surface area (Å²) in [6.07, 6.45) is 3.49. The van der Waals surface area contributed by atoms with E-state index in [-0.39, 0.29) is 6.54 Å². The maximum absolute atomic E-state index is 9.68. The highest BCUT2D eigenvalue weighted by molar-refractivity contribution is 9.10. The van der Waals surface area contributed by atoms with E-state index >= 15 is 0 Å². The van der Waals surface area contributed by atoms with Crippen molar-refractivity contribution in [3.8, 4) is 0 Å². The number of halogens is 1. The van der Waals surface area contributed by atoms with Crippen LogP contribution in [0.1, 0.15) is 11.7 Å². The van der Waals surface area contributed by atoms with Gasteiger partial charge in [0.2, 0.25) is 0 Å². The molecule has 0 spiro atoms. The number of hydrogen-bond donors (Lipinski definition) is 2. The summed E-state index contributed by atoms with van der Waals surface area (Å²) in [6, 6.07) is 3.93. The maximum Gasteiger partial charge on any atom is 0.0913 e. The highest BCUT2D eigenvalue weighted by Crippen LogP contribution is 2.37. The summed E-state index contributed by atoms with van der Waals surface area (Å²) in [5, 5.41) is 9.68. The lowest BCUT2D eigenvalue weighted by Crippen LogP contribution is -2.11. The number of aliphatic hydroxyl groups is 1. The number of hydrogen-bond acceptors (Lipinski definition) is 4. The summed E-state index contributed by atoms with van der Waals surface area (Å²) in [5.74, 6) is 0. The Hall–Kier alpha value is 0.320. The molecule has 1 rings (SSSR count). The molecule has 1 aromatic carbocycles. The quantitative estimate of drug-likeness (QED) is 0.840. The molecule has 0 aliphatic heterocycles. The second kappa shape index (κ2) is 6.15. The van der Waals surface area contributed by atoms with Gasteiger partial charge in [0.15, 0.2) is 0 Å². The van der Waals surface area contributed by atoms with Gasteiger partial charge in [-0.1, -0.05) is 0 Å². The Balaban J connectivity index is 3.19. The van der Waals surface area contributed by atoms with Crippen molar-refractivity contribution < 1.29 is 5.11 Å². The van der Waals surface area contributed by atoms with Gasteiger partial charge < -0.3 is 10.8 Å². The van der Waals surface area contributed by atoms with Crippen LogP contribution >= 0.6 is 39.5 Å². The van der Waals surface area contributed by atoms with Gasteiger partial charge in [-0.3, -0.25) is 0 Å². The van der Waals surface area contributed by atoms with Crippen molar-refractivity contribution in [2.24, 2.45) is 5.73 Å². The fraction of sp³-hybridized carbons (Fsp3) is 0.400. The van der Waals surface area contributed by atoms with Crippen LogP contribution in [0.15, 0.2) is 26.4 Å². The summed E-state index contributed by atoms with van der Waals surface area (Å²) >= 11 is 6.88. The van der Waals surface area contributed by atoms with Crippen LogP contribution in [0.4, 0.5) is 0 Å². The third-order valence-electron chi connectivity index (χ3n) is 2.06. The number of thioether (sulfide) groups is 2. The first-order chi connectivity index (χ1) is 7.13. The third-order valence-corrected chi connectivity index (χ3v) is 4.69. The molecular weight excluding hydrogens is 294 g/mol. The van der Waals surface area contributed by atoms with Gasteiger partial charge in [0.05, 0.1) is 6.10 Å². The molecule has 0 aliphatic carbocycles. The third kappa shape index (κ3) is 3.14. The summed E-state index contributed by atoms with van der Waals surface area (Å²) in [5.41, 5.74) is 6.31. The summed E-state index contributed by atoms with van der Waals surface area (Å²) < 4.78 is 1.02. The van der Waals surface area contributed by atoms with Crippen molar-refractivity contribution in [1.82, 2.24) is 0 Å². The van der Waals surface area contributed by atoms with Crippen molar-refractivity contribution in [3.05, 3.63) is 22.2 Å². The predicted molar refractivity (Wildman–Crippen MR) is 71.7 cm³/mol. The minimum absolute atomic E-state index is 0.249. The predicted octanol–water partition coefficient (Wildman–Crippen LogP) is 2.89. The maximum atomic E-state index is 9.68. The lowest BCUT2D eigenvalue weighted by atomic mass is 10.1. The Kier molecular flexibility index (Phi) is 5.49. The minimum Gasteiger partial charge on any atom is -0.387 e. The molecule has 0 heterocycles. The van der Waals surface area contributed by atoms with Gasteiger partial charge >= 0.3 is 0 Å². The molecule has 1 atom stereocenters. The molecule has 0 bridgehead atoms. The van der Waals surface area contributed by atoms with E-state index in [4.69, 9.17) is 5.73 Å². The zero-order chi connectivity index (χ0) is 11.4. The first-order valence-electron chi connectivity index (χ1n) is 4.43. The van der Waals surface area contributed by atoms with Crippen LogP contribution in [0.5, 0.6) is 0 Å². The van der Waals surface area contributed by atoms with Crippen LogP contribution in [0.25, 0.3) is 0 Å². The lowest BCUT2D eigenvalue weighted by Gasteiger charge is -2.13. The number of benzene rings is 1. The molecule has 0 radical (unpaired) electrons. The van der Waals surface area contributed by atoms with Gasteiger partial charge in [0.25, 0.3) is 0 Å². The molecule has 0 aliphatic rings. The summed E-state index contributed by atoms with van der Waals surface area (Å²) in [7, 11) is 0. The van der Waals surface area contributed by atoms with Crippen LogP contribution < -0.4 is 5.73 Å². The second-order valence-corrected chi connectivity index (χ2v) is 5.51. The molecule has 84 valence electrons. The van der Waals surface area contributed by atoms with Gasteiger partial charge in [-0.05, 0) is 46.1 Å². The Bertz CT molecular complexity index is 346. The first kappa shape index (κ1) is 13.4. The van der Waals surface area contributed by atoms with Crippen LogP contribution in [-0.4, -0.2) is 24.2 Å².